The van der Waals surface area contributed by atoms with Gasteiger partial charge in [-0.3, -0.25) is 4.79 Å². The molecule has 32 heavy (non-hydrogen) atoms. The molecule has 1 unspecified atom stereocenters. The van der Waals surface area contributed by atoms with Crippen LogP contribution in [0, 0.1) is 0 Å². The highest BCUT2D eigenvalue weighted by molar-refractivity contribution is 5.80. The summed E-state index contributed by atoms with van der Waals surface area (Å²) in [6.45, 7) is 1.46. The second-order valence-electron chi connectivity index (χ2n) is 7.56. The van der Waals surface area contributed by atoms with Crippen LogP contribution in [-0.2, 0) is 24.3 Å². The second kappa shape index (κ2) is 9.64. The summed E-state index contributed by atoms with van der Waals surface area (Å²) in [5.41, 5.74) is 1.77. The average molecular weight is 437 g/mol. The van der Waals surface area contributed by atoms with E-state index in [1.54, 1.807) is 33.9 Å². The summed E-state index contributed by atoms with van der Waals surface area (Å²) in [5, 5.41) is 0. The van der Waals surface area contributed by atoms with Gasteiger partial charge in [0.2, 0.25) is 11.7 Å². The smallest absolute Gasteiger partial charge is 0.227 e. The minimum absolute atomic E-state index is 0.00955. The van der Waals surface area contributed by atoms with E-state index in [1.165, 1.54) is 0 Å². The topological polar surface area (TPSA) is 75.0 Å². The molecule has 0 saturated heterocycles. The minimum Gasteiger partial charge on any atom is -0.493 e. The molecular weight excluding hydrogens is 410 g/mol. The maximum absolute atomic E-state index is 13.6. The summed E-state index contributed by atoms with van der Waals surface area (Å²) in [5.74, 6) is 2.35. The van der Waals surface area contributed by atoms with Gasteiger partial charge in [0.15, 0.2) is 11.5 Å². The van der Waals surface area contributed by atoms with E-state index >= 15 is 0 Å². The number of methoxy groups -OCH3 is 3. The summed E-state index contributed by atoms with van der Waals surface area (Å²) >= 11 is 0. The van der Waals surface area contributed by atoms with Gasteiger partial charge >= 0.3 is 0 Å². The molecule has 168 valence electrons. The second-order valence-corrected chi connectivity index (χ2v) is 7.56. The molecular formula is C24H27N3O5. The molecule has 0 fully saturated rings. The van der Waals surface area contributed by atoms with E-state index in [4.69, 9.17) is 18.9 Å². The third-order valence-electron chi connectivity index (χ3n) is 5.57. The number of imidazole rings is 1. The Hall–Kier alpha value is -3.68. The minimum atomic E-state index is -0.147. The van der Waals surface area contributed by atoms with E-state index in [0.29, 0.717) is 36.9 Å². The van der Waals surface area contributed by atoms with Crippen molar-refractivity contribution >= 4 is 5.91 Å². The van der Waals surface area contributed by atoms with Gasteiger partial charge in [-0.15, -0.1) is 0 Å². The molecule has 2 aromatic carbocycles. The fourth-order valence-corrected chi connectivity index (χ4v) is 3.96. The van der Waals surface area contributed by atoms with Gasteiger partial charge in [-0.2, -0.15) is 0 Å². The third-order valence-corrected chi connectivity index (χ3v) is 5.57. The number of amides is 1. The molecule has 0 N–H and O–H groups in total. The highest BCUT2D eigenvalue weighted by Crippen LogP contribution is 2.38. The van der Waals surface area contributed by atoms with Crippen LogP contribution in [-0.4, -0.2) is 54.3 Å². The Labute approximate surface area is 187 Å². The van der Waals surface area contributed by atoms with Crippen molar-refractivity contribution in [2.75, 3.05) is 27.9 Å². The van der Waals surface area contributed by atoms with Crippen LogP contribution < -0.4 is 18.9 Å². The molecule has 0 aliphatic carbocycles. The van der Waals surface area contributed by atoms with Gasteiger partial charge in [0, 0.05) is 31.0 Å². The zero-order valence-electron chi connectivity index (χ0n) is 18.5. The van der Waals surface area contributed by atoms with Gasteiger partial charge in [0.25, 0.3) is 0 Å². The number of carbonyl (C=O) groups is 1. The standard InChI is InChI=1S/C24H27N3O5/c1-29-21-10-17(11-22(30-2)24(21)31-3)12-23(28)27-13-18-6-4-5-7-20(18)32-15-19(27)14-26-9-8-25-16-26/h4-11,16,19H,12-15H2,1-3H3. The molecule has 0 spiro atoms. The number of nitrogens with zero attached hydrogens (tertiary/aromatic N) is 3. The lowest BCUT2D eigenvalue weighted by Crippen LogP contribution is -2.44. The normalized spacial score (nSPS) is 15.3. The Bertz CT molecular complexity index is 1040. The number of ether oxygens (including phenoxy) is 4. The van der Waals surface area contributed by atoms with Crippen LogP contribution in [0.3, 0.4) is 0 Å². The fourth-order valence-electron chi connectivity index (χ4n) is 3.96. The van der Waals surface area contributed by atoms with Crippen LogP contribution >= 0.6 is 0 Å². The van der Waals surface area contributed by atoms with Crippen molar-refractivity contribution in [3.63, 3.8) is 0 Å². The zero-order chi connectivity index (χ0) is 22.5. The van der Waals surface area contributed by atoms with E-state index < -0.39 is 0 Å². The molecule has 0 bridgehead atoms. The SMILES string of the molecule is COc1cc(CC(=O)N2Cc3ccccc3OCC2Cn2ccnc2)cc(OC)c1OC. The number of hydrogen-bond acceptors (Lipinski definition) is 6. The lowest BCUT2D eigenvalue weighted by molar-refractivity contribution is -0.134. The molecule has 0 saturated carbocycles. The summed E-state index contributed by atoms with van der Waals surface area (Å²) in [4.78, 5) is 19.6. The highest BCUT2D eigenvalue weighted by Gasteiger charge is 2.29. The predicted octanol–water partition coefficient (Wildman–Crippen LogP) is 2.94. The number of hydrogen-bond donors (Lipinski definition) is 0. The number of rotatable bonds is 7. The van der Waals surface area contributed by atoms with Crippen LogP contribution in [0.2, 0.25) is 0 Å². The molecule has 0 radical (unpaired) electrons. The van der Waals surface area contributed by atoms with Gasteiger partial charge in [0.1, 0.15) is 12.4 Å². The molecule has 1 aromatic heterocycles. The maximum Gasteiger partial charge on any atom is 0.227 e. The first-order chi connectivity index (χ1) is 15.6. The fraction of sp³-hybridized carbons (Fsp3) is 0.333. The van der Waals surface area contributed by atoms with E-state index in [-0.39, 0.29) is 18.4 Å². The Morgan fingerprint density at radius 1 is 1.12 bits per heavy atom. The highest BCUT2D eigenvalue weighted by atomic mass is 16.5. The summed E-state index contributed by atoms with van der Waals surface area (Å²) in [6.07, 6.45) is 5.56. The monoisotopic (exact) mass is 437 g/mol. The van der Waals surface area contributed by atoms with Crippen LogP contribution in [0.1, 0.15) is 11.1 Å². The van der Waals surface area contributed by atoms with Crippen molar-refractivity contribution in [3.05, 3.63) is 66.2 Å². The van der Waals surface area contributed by atoms with Crippen molar-refractivity contribution in [2.45, 2.75) is 25.6 Å². The Balaban J connectivity index is 1.62. The van der Waals surface area contributed by atoms with Gasteiger partial charge in [-0.25, -0.2) is 4.98 Å². The average Bonchev–Trinajstić information content (AvgIpc) is 3.26. The van der Waals surface area contributed by atoms with Crippen molar-refractivity contribution in [3.8, 4) is 23.0 Å². The third kappa shape index (κ3) is 4.49. The summed E-state index contributed by atoms with van der Waals surface area (Å²) in [6, 6.07) is 11.3. The van der Waals surface area contributed by atoms with Gasteiger partial charge < -0.3 is 28.4 Å². The number of fused-ring (bicyclic) bond motifs is 1. The summed E-state index contributed by atoms with van der Waals surface area (Å²) in [7, 11) is 4.68. The van der Waals surface area contributed by atoms with Crippen LogP contribution in [0.15, 0.2) is 55.1 Å². The van der Waals surface area contributed by atoms with Crippen LogP contribution in [0.5, 0.6) is 23.0 Å². The molecule has 8 heteroatoms. The van der Waals surface area contributed by atoms with Gasteiger partial charge in [-0.05, 0) is 23.8 Å². The van der Waals surface area contributed by atoms with Crippen molar-refractivity contribution < 1.29 is 23.7 Å². The predicted molar refractivity (Wildman–Crippen MR) is 118 cm³/mol. The zero-order valence-corrected chi connectivity index (χ0v) is 18.5. The van der Waals surface area contributed by atoms with Crippen molar-refractivity contribution in [1.29, 1.82) is 0 Å². The van der Waals surface area contributed by atoms with Crippen molar-refractivity contribution in [2.24, 2.45) is 0 Å². The van der Waals surface area contributed by atoms with Crippen LogP contribution in [0.4, 0.5) is 0 Å². The van der Waals surface area contributed by atoms with Crippen LogP contribution in [0.25, 0.3) is 0 Å². The molecule has 1 atom stereocenters. The molecule has 8 nitrogen and oxygen atoms in total. The largest absolute Gasteiger partial charge is 0.493 e. The number of aromatic nitrogens is 2. The van der Waals surface area contributed by atoms with Gasteiger partial charge in [-0.1, -0.05) is 18.2 Å². The number of benzene rings is 2. The molecule has 3 aromatic rings. The molecule has 1 aliphatic heterocycles. The molecule has 1 amide bonds. The lowest BCUT2D eigenvalue weighted by Gasteiger charge is -2.30. The molecule has 2 heterocycles. The Morgan fingerprint density at radius 3 is 2.53 bits per heavy atom. The lowest BCUT2D eigenvalue weighted by atomic mass is 10.1. The quantitative estimate of drug-likeness (QED) is 0.566. The van der Waals surface area contributed by atoms with Gasteiger partial charge in [0.05, 0.1) is 40.1 Å². The number of carbonyl (C=O) groups excluding carboxylic acids is 1. The van der Waals surface area contributed by atoms with E-state index in [1.807, 2.05) is 52.1 Å². The first-order valence-electron chi connectivity index (χ1n) is 10.4. The Kier molecular flexibility index (Phi) is 6.49. The van der Waals surface area contributed by atoms with E-state index in [0.717, 1.165) is 16.9 Å². The molecule has 4 rings (SSSR count). The van der Waals surface area contributed by atoms with E-state index in [9.17, 15) is 4.79 Å². The first-order valence-corrected chi connectivity index (χ1v) is 10.4. The number of para-hydroxylation sites is 1. The maximum atomic E-state index is 13.6. The van der Waals surface area contributed by atoms with E-state index in [2.05, 4.69) is 4.98 Å². The molecule has 1 aliphatic rings. The van der Waals surface area contributed by atoms with Crippen molar-refractivity contribution in [1.82, 2.24) is 14.5 Å². The first kappa shape index (κ1) is 21.5. The Morgan fingerprint density at radius 2 is 1.88 bits per heavy atom. The summed E-state index contributed by atoms with van der Waals surface area (Å²) < 4.78 is 24.3.